The normalized spacial score (nSPS) is 46.4. The van der Waals surface area contributed by atoms with Gasteiger partial charge in [-0.3, -0.25) is 9.79 Å². The van der Waals surface area contributed by atoms with E-state index in [1.54, 1.807) is 0 Å². The van der Waals surface area contributed by atoms with E-state index >= 15 is 0 Å². The molecule has 0 aromatic heterocycles. The molecule has 0 aromatic rings. The van der Waals surface area contributed by atoms with Crippen LogP contribution in [0.5, 0.6) is 0 Å². The molecule has 1 aliphatic rings. The maximum absolute atomic E-state index is 10.7. The summed E-state index contributed by atoms with van der Waals surface area (Å²) in [6.07, 6.45) is 2.16. The lowest BCUT2D eigenvalue weighted by molar-refractivity contribution is -0.120. The number of allylic oxidation sites excluding steroid dienone is 1. The average molecular weight is 127 g/mol. The number of carbonyl (C=O) groups is 1. The van der Waals surface area contributed by atoms with Gasteiger partial charge in [0, 0.05) is 7.59 Å². The molecule has 0 bridgehead atoms. The van der Waals surface area contributed by atoms with Crippen molar-refractivity contribution >= 4 is 12.1 Å². The number of hydrogen-bond acceptors (Lipinski definition) is 2. The highest BCUT2D eigenvalue weighted by molar-refractivity contribution is 5.82. The van der Waals surface area contributed by atoms with E-state index in [9.17, 15) is 4.79 Å². The summed E-state index contributed by atoms with van der Waals surface area (Å²) in [6, 6.07) is -0.0627. The molecule has 0 saturated heterocycles. The van der Waals surface area contributed by atoms with Crippen LogP contribution in [-0.2, 0) is 4.79 Å². The number of carbonyl (C=O) groups excluding carboxylic acids is 1. The van der Waals surface area contributed by atoms with Crippen LogP contribution < -0.4 is 5.73 Å². The fraction of sp³-hybridized carbons (Fsp3) is 0.333. The van der Waals surface area contributed by atoms with E-state index in [1.165, 1.54) is 0 Å². The van der Waals surface area contributed by atoms with E-state index < -0.39 is 18.3 Å². The molecule has 2 unspecified atom stereocenters. The van der Waals surface area contributed by atoms with Gasteiger partial charge in [0.1, 0.15) is 0 Å². The summed E-state index contributed by atoms with van der Waals surface area (Å²) < 4.78 is 21.8. The molecule has 1 rings (SSSR count). The first-order valence-corrected chi connectivity index (χ1v) is 2.41. The second-order valence-electron chi connectivity index (χ2n) is 1.54. The highest BCUT2D eigenvalue weighted by Crippen LogP contribution is 2.01. The number of aliphatic imine (C=N–C) groups is 1. The van der Waals surface area contributed by atoms with Crippen LogP contribution in [0.15, 0.2) is 17.1 Å². The van der Waals surface area contributed by atoms with Crippen LogP contribution in [0.1, 0.15) is 4.11 Å². The van der Waals surface area contributed by atoms with Crippen LogP contribution >= 0.6 is 0 Å². The van der Waals surface area contributed by atoms with E-state index in [-0.39, 0.29) is 6.05 Å². The van der Waals surface area contributed by atoms with Gasteiger partial charge in [0.25, 0.3) is 0 Å². The molecule has 1 heterocycles. The lowest BCUT2D eigenvalue weighted by Gasteiger charge is -2.05. The summed E-state index contributed by atoms with van der Waals surface area (Å²) in [7, 11) is 0. The average Bonchev–Trinajstić information content (AvgIpc) is 1.97. The zero-order valence-electron chi connectivity index (χ0n) is 7.66. The Morgan fingerprint density at radius 3 is 3.56 bits per heavy atom. The molecule has 0 spiro atoms. The number of primary amides is 1. The molecule has 9 heavy (non-hydrogen) atoms. The predicted molar refractivity (Wildman–Crippen MR) is 35.2 cm³/mol. The van der Waals surface area contributed by atoms with Crippen molar-refractivity contribution in [2.45, 2.75) is 0 Å². The lowest BCUT2D eigenvalue weighted by Crippen LogP contribution is -2.24. The van der Waals surface area contributed by atoms with Gasteiger partial charge in [-0.1, -0.05) is 6.08 Å². The van der Waals surface area contributed by atoms with Crippen molar-refractivity contribution in [3.63, 3.8) is 0 Å². The Labute approximate surface area is 57.5 Å². The number of hydrogen-bond donors (Lipinski definition) is 1. The van der Waals surface area contributed by atoms with Crippen LogP contribution in [0.2, 0.25) is 0 Å². The van der Waals surface area contributed by atoms with Gasteiger partial charge < -0.3 is 5.73 Å². The molecule has 2 atom stereocenters. The first-order valence-electron chi connectivity index (χ1n) is 3.99. The Morgan fingerprint density at radius 1 is 2.22 bits per heavy atom. The Bertz CT molecular complexity index is 276. The Kier molecular flexibility index (Phi) is 0.853. The SMILES string of the molecule is [2H]C1=CC([2H])(C(N)=O)C([2H])N=C1. The van der Waals surface area contributed by atoms with Crippen LogP contribution in [0, 0.1) is 5.89 Å². The Morgan fingerprint density at radius 2 is 3.00 bits per heavy atom. The molecule has 1 amide bonds. The van der Waals surface area contributed by atoms with Crippen LogP contribution in [0.3, 0.4) is 0 Å². The molecule has 0 fully saturated rings. The van der Waals surface area contributed by atoms with Crippen molar-refractivity contribution in [1.82, 2.24) is 0 Å². The third kappa shape index (κ3) is 1.38. The van der Waals surface area contributed by atoms with Gasteiger partial charge in [-0.2, -0.15) is 0 Å². The minimum Gasteiger partial charge on any atom is -0.369 e. The zero-order valence-corrected chi connectivity index (χ0v) is 4.66. The Hall–Kier alpha value is -1.12. The molecule has 2 N–H and O–H groups in total. The van der Waals surface area contributed by atoms with Crippen molar-refractivity contribution in [3.05, 3.63) is 12.1 Å². The number of dihydropyridines is 1. The smallest absolute Gasteiger partial charge is 0.226 e. The summed E-state index contributed by atoms with van der Waals surface area (Å²) >= 11 is 0. The summed E-state index contributed by atoms with van der Waals surface area (Å²) in [5.41, 5.74) is 4.91. The number of rotatable bonds is 1. The standard InChI is InChI=1S/C6H8N2O/c7-6(9)5-2-1-3-8-4-5/h1-3,5H,4H2,(H2,7,9)/i1D,4D,5D. The molecule has 3 nitrogen and oxygen atoms in total. The highest BCUT2D eigenvalue weighted by Gasteiger charge is 2.10. The van der Waals surface area contributed by atoms with Gasteiger partial charge in [0.05, 0.1) is 15.2 Å². The van der Waals surface area contributed by atoms with Gasteiger partial charge in [0.2, 0.25) is 5.91 Å². The van der Waals surface area contributed by atoms with Crippen molar-refractivity contribution in [1.29, 1.82) is 0 Å². The van der Waals surface area contributed by atoms with Gasteiger partial charge >= 0.3 is 0 Å². The largest absolute Gasteiger partial charge is 0.369 e. The van der Waals surface area contributed by atoms with E-state index in [4.69, 9.17) is 9.85 Å². The van der Waals surface area contributed by atoms with Crippen molar-refractivity contribution in [2.24, 2.45) is 16.6 Å². The van der Waals surface area contributed by atoms with Gasteiger partial charge in [-0.25, -0.2) is 0 Å². The van der Waals surface area contributed by atoms with Crippen LogP contribution in [0.25, 0.3) is 0 Å². The third-order valence-corrected chi connectivity index (χ3v) is 0.886. The number of nitrogens with two attached hydrogens (primary N) is 1. The van der Waals surface area contributed by atoms with Crippen LogP contribution in [-0.4, -0.2) is 18.6 Å². The molecule has 0 radical (unpaired) electrons. The van der Waals surface area contributed by atoms with E-state index in [1.807, 2.05) is 0 Å². The monoisotopic (exact) mass is 127 g/mol. The summed E-state index contributed by atoms with van der Waals surface area (Å²) in [5, 5.41) is 0. The van der Waals surface area contributed by atoms with E-state index in [0.717, 1.165) is 12.3 Å². The lowest BCUT2D eigenvalue weighted by atomic mass is 10.1. The van der Waals surface area contributed by atoms with Crippen molar-refractivity contribution in [3.8, 4) is 0 Å². The quantitative estimate of drug-likeness (QED) is 0.518. The van der Waals surface area contributed by atoms with E-state index in [2.05, 4.69) is 4.99 Å². The predicted octanol–water partition coefficient (Wildman–Crippen LogP) is -0.272. The first kappa shape index (κ1) is 3.15. The van der Waals surface area contributed by atoms with Crippen molar-refractivity contribution in [2.75, 3.05) is 6.52 Å². The van der Waals surface area contributed by atoms with Gasteiger partial charge in [-0.05, 0) is 6.05 Å². The maximum Gasteiger partial charge on any atom is 0.226 e. The topological polar surface area (TPSA) is 55.5 Å². The molecular formula is C6H8N2O. The van der Waals surface area contributed by atoms with Gasteiger partial charge in [0.15, 0.2) is 0 Å². The van der Waals surface area contributed by atoms with Crippen molar-refractivity contribution < 1.29 is 8.91 Å². The summed E-state index contributed by atoms with van der Waals surface area (Å²) in [5.74, 6) is -2.84. The fourth-order valence-corrected chi connectivity index (χ4v) is 0.460. The number of nitrogens with zero attached hydrogens (tertiary/aromatic N) is 1. The molecular weight excluding hydrogens is 116 g/mol. The fourth-order valence-electron chi connectivity index (χ4n) is 0.460. The minimum absolute atomic E-state index is 0.0627. The maximum atomic E-state index is 10.7. The number of amides is 1. The summed E-state index contributed by atoms with van der Waals surface area (Å²) in [6.45, 7) is -1.26. The molecule has 48 valence electrons. The molecule has 3 heteroatoms. The molecule has 0 aromatic carbocycles. The zero-order chi connectivity index (χ0) is 9.35. The second kappa shape index (κ2) is 2.44. The van der Waals surface area contributed by atoms with E-state index in [0.29, 0.717) is 0 Å². The first-order chi connectivity index (χ1) is 5.47. The second-order valence-corrected chi connectivity index (χ2v) is 1.54. The Balaban J connectivity index is 3.05. The minimum atomic E-state index is -1.88. The van der Waals surface area contributed by atoms with Crippen LogP contribution in [0.4, 0.5) is 0 Å². The summed E-state index contributed by atoms with van der Waals surface area (Å²) in [4.78, 5) is 14.2. The molecule has 1 aliphatic heterocycles. The van der Waals surface area contributed by atoms with Gasteiger partial charge in [-0.15, -0.1) is 0 Å². The highest BCUT2D eigenvalue weighted by atomic mass is 16.1. The third-order valence-electron chi connectivity index (χ3n) is 0.886. The molecule has 0 aliphatic carbocycles. The molecule has 0 saturated carbocycles.